The van der Waals surface area contributed by atoms with Gasteiger partial charge in [0.05, 0.1) is 5.25 Å². The molecule has 0 amide bonds. The van der Waals surface area contributed by atoms with Crippen LogP contribution in [-0.2, 0) is 16.6 Å². The van der Waals surface area contributed by atoms with Crippen LogP contribution in [0.25, 0.3) is 0 Å². The van der Waals surface area contributed by atoms with Gasteiger partial charge in [0, 0.05) is 13.1 Å². The van der Waals surface area contributed by atoms with Crippen molar-refractivity contribution in [3.8, 4) is 0 Å². The van der Waals surface area contributed by atoms with Gasteiger partial charge < -0.3 is 5.32 Å². The molecule has 1 N–H and O–H groups in total. The Kier molecular flexibility index (Phi) is 3.60. The maximum Gasteiger partial charge on any atom is 0.217 e. The van der Waals surface area contributed by atoms with Gasteiger partial charge in [-0.2, -0.15) is 4.31 Å². The summed E-state index contributed by atoms with van der Waals surface area (Å²) < 4.78 is 26.8. The zero-order valence-electron chi connectivity index (χ0n) is 11.0. The molecule has 2 atom stereocenters. The Morgan fingerprint density at radius 1 is 1.16 bits per heavy atom. The van der Waals surface area contributed by atoms with Crippen molar-refractivity contribution in [3.05, 3.63) is 35.9 Å². The molecule has 4 nitrogen and oxygen atoms in total. The Labute approximate surface area is 114 Å². The van der Waals surface area contributed by atoms with Gasteiger partial charge in [-0.25, -0.2) is 8.42 Å². The van der Waals surface area contributed by atoms with E-state index in [0.29, 0.717) is 19.0 Å². The van der Waals surface area contributed by atoms with Crippen LogP contribution in [0.4, 0.5) is 0 Å². The summed E-state index contributed by atoms with van der Waals surface area (Å²) >= 11 is 0. The zero-order chi connectivity index (χ0) is 13.3. The van der Waals surface area contributed by atoms with Gasteiger partial charge in [-0.3, -0.25) is 0 Å². The lowest BCUT2D eigenvalue weighted by Crippen LogP contribution is -2.30. The highest BCUT2D eigenvalue weighted by Crippen LogP contribution is 2.33. The Bertz CT molecular complexity index is 530. The van der Waals surface area contributed by atoms with E-state index >= 15 is 0 Å². The summed E-state index contributed by atoms with van der Waals surface area (Å²) in [6, 6.07) is 9.86. The molecule has 19 heavy (non-hydrogen) atoms. The molecule has 2 aliphatic rings. The van der Waals surface area contributed by atoms with Gasteiger partial charge in [0.2, 0.25) is 10.0 Å². The standard InChI is InChI=1S/C14H20N2O2S/c17-19(18)14-7-9-15-8-6-13(14)11-16(19)10-12-4-2-1-3-5-12/h1-5,13-15H,6-11H2/t13-,14+/m0/s1. The Morgan fingerprint density at radius 3 is 2.68 bits per heavy atom. The van der Waals surface area contributed by atoms with Crippen molar-refractivity contribution in [1.29, 1.82) is 0 Å². The van der Waals surface area contributed by atoms with E-state index in [4.69, 9.17) is 0 Å². The molecule has 2 heterocycles. The number of benzene rings is 1. The average Bonchev–Trinajstić information content (AvgIpc) is 2.60. The first kappa shape index (κ1) is 13.1. The van der Waals surface area contributed by atoms with Crippen LogP contribution in [0.2, 0.25) is 0 Å². The molecule has 1 aromatic rings. The lowest BCUT2D eigenvalue weighted by atomic mass is 10.0. The molecule has 0 saturated carbocycles. The summed E-state index contributed by atoms with van der Waals surface area (Å²) in [5.74, 6) is 0.295. The minimum absolute atomic E-state index is 0.175. The molecule has 104 valence electrons. The Morgan fingerprint density at radius 2 is 1.89 bits per heavy atom. The third-order valence-corrected chi connectivity index (χ3v) is 6.59. The van der Waals surface area contributed by atoms with E-state index in [1.165, 1.54) is 0 Å². The van der Waals surface area contributed by atoms with Gasteiger partial charge >= 0.3 is 0 Å². The minimum atomic E-state index is -3.12. The van der Waals surface area contributed by atoms with Crippen LogP contribution in [0.1, 0.15) is 18.4 Å². The number of nitrogens with one attached hydrogen (secondary N) is 1. The molecule has 0 radical (unpaired) electrons. The molecule has 3 rings (SSSR count). The second kappa shape index (κ2) is 5.23. The highest BCUT2D eigenvalue weighted by Gasteiger charge is 2.45. The molecule has 0 spiro atoms. The maximum atomic E-state index is 12.6. The molecule has 2 aliphatic heterocycles. The van der Waals surface area contributed by atoms with Crippen molar-refractivity contribution >= 4 is 10.0 Å². The third kappa shape index (κ3) is 2.55. The normalized spacial score (nSPS) is 30.7. The number of nitrogens with zero attached hydrogens (tertiary/aromatic N) is 1. The molecule has 0 unspecified atom stereocenters. The van der Waals surface area contributed by atoms with Crippen molar-refractivity contribution in [2.75, 3.05) is 19.6 Å². The van der Waals surface area contributed by atoms with Crippen LogP contribution in [0.5, 0.6) is 0 Å². The minimum Gasteiger partial charge on any atom is -0.317 e. The molecule has 2 fully saturated rings. The van der Waals surface area contributed by atoms with Crippen molar-refractivity contribution in [2.45, 2.75) is 24.6 Å². The number of sulfonamides is 1. The fraction of sp³-hybridized carbons (Fsp3) is 0.571. The van der Waals surface area contributed by atoms with Crippen LogP contribution in [0, 0.1) is 5.92 Å². The first-order chi connectivity index (χ1) is 9.18. The van der Waals surface area contributed by atoms with E-state index < -0.39 is 10.0 Å². The molecule has 2 saturated heterocycles. The largest absolute Gasteiger partial charge is 0.317 e. The summed E-state index contributed by atoms with van der Waals surface area (Å²) in [5.41, 5.74) is 1.07. The maximum absolute atomic E-state index is 12.6. The second-order valence-corrected chi connectivity index (χ2v) is 7.60. The summed E-state index contributed by atoms with van der Waals surface area (Å²) in [4.78, 5) is 0. The van der Waals surface area contributed by atoms with Crippen molar-refractivity contribution < 1.29 is 8.42 Å². The fourth-order valence-corrected chi connectivity index (χ4v) is 5.41. The number of hydrogen-bond donors (Lipinski definition) is 1. The van der Waals surface area contributed by atoms with Gasteiger partial charge in [0.1, 0.15) is 0 Å². The van der Waals surface area contributed by atoms with Crippen LogP contribution in [-0.4, -0.2) is 37.6 Å². The Hall–Kier alpha value is -0.910. The van der Waals surface area contributed by atoms with Crippen LogP contribution < -0.4 is 5.32 Å². The Balaban J connectivity index is 1.80. The number of fused-ring (bicyclic) bond motifs is 1. The predicted molar refractivity (Wildman–Crippen MR) is 75.2 cm³/mol. The van der Waals surface area contributed by atoms with E-state index in [0.717, 1.165) is 31.5 Å². The molecule has 0 aromatic heterocycles. The number of hydrogen-bond acceptors (Lipinski definition) is 3. The monoisotopic (exact) mass is 280 g/mol. The van der Waals surface area contributed by atoms with Crippen molar-refractivity contribution in [2.24, 2.45) is 5.92 Å². The van der Waals surface area contributed by atoms with Gasteiger partial charge in [-0.15, -0.1) is 0 Å². The first-order valence-electron chi connectivity index (χ1n) is 6.91. The molecule has 0 aliphatic carbocycles. The summed E-state index contributed by atoms with van der Waals surface area (Å²) in [5, 5.41) is 3.12. The summed E-state index contributed by atoms with van der Waals surface area (Å²) in [6.45, 7) is 2.96. The van der Waals surface area contributed by atoms with E-state index in [9.17, 15) is 8.42 Å². The molecular formula is C14H20N2O2S. The molecular weight excluding hydrogens is 260 g/mol. The fourth-order valence-electron chi connectivity index (χ4n) is 3.18. The lowest BCUT2D eigenvalue weighted by Gasteiger charge is -2.16. The average molecular weight is 280 g/mol. The van der Waals surface area contributed by atoms with E-state index in [1.807, 2.05) is 30.3 Å². The van der Waals surface area contributed by atoms with Gasteiger partial charge in [0.15, 0.2) is 0 Å². The SMILES string of the molecule is O=S1(=O)[C@@H]2CCNCC[C@H]2CN1Cc1ccccc1. The quantitative estimate of drug-likeness (QED) is 0.885. The van der Waals surface area contributed by atoms with Gasteiger partial charge in [-0.1, -0.05) is 30.3 Å². The highest BCUT2D eigenvalue weighted by atomic mass is 32.2. The molecule has 0 bridgehead atoms. The van der Waals surface area contributed by atoms with E-state index in [-0.39, 0.29) is 5.25 Å². The first-order valence-corrected chi connectivity index (χ1v) is 8.42. The van der Waals surface area contributed by atoms with Gasteiger partial charge in [0.25, 0.3) is 0 Å². The smallest absolute Gasteiger partial charge is 0.217 e. The molecule has 5 heteroatoms. The third-order valence-electron chi connectivity index (χ3n) is 4.21. The van der Waals surface area contributed by atoms with Crippen LogP contribution in [0.15, 0.2) is 30.3 Å². The predicted octanol–water partition coefficient (Wildman–Crippen LogP) is 1.20. The summed E-state index contributed by atoms with van der Waals surface area (Å²) in [7, 11) is -3.12. The summed E-state index contributed by atoms with van der Waals surface area (Å²) in [6.07, 6.45) is 1.72. The topological polar surface area (TPSA) is 49.4 Å². The molecule has 1 aromatic carbocycles. The van der Waals surface area contributed by atoms with Crippen molar-refractivity contribution in [3.63, 3.8) is 0 Å². The second-order valence-electron chi connectivity index (χ2n) is 5.45. The number of rotatable bonds is 2. The van der Waals surface area contributed by atoms with Crippen molar-refractivity contribution in [1.82, 2.24) is 9.62 Å². The van der Waals surface area contributed by atoms with E-state index in [2.05, 4.69) is 5.32 Å². The zero-order valence-corrected chi connectivity index (χ0v) is 11.8. The van der Waals surface area contributed by atoms with E-state index in [1.54, 1.807) is 4.31 Å². The van der Waals surface area contributed by atoms with Crippen LogP contribution in [0.3, 0.4) is 0 Å². The van der Waals surface area contributed by atoms with Crippen LogP contribution >= 0.6 is 0 Å². The van der Waals surface area contributed by atoms with Gasteiger partial charge in [-0.05, 0) is 37.4 Å². The highest BCUT2D eigenvalue weighted by molar-refractivity contribution is 7.90. The lowest BCUT2D eigenvalue weighted by molar-refractivity contribution is 0.380.